The lowest BCUT2D eigenvalue weighted by molar-refractivity contribution is -0.153. The highest BCUT2D eigenvalue weighted by atomic mass is 16.5. The molecule has 3 saturated carbocycles. The molecule has 0 saturated heterocycles. The van der Waals surface area contributed by atoms with Crippen molar-refractivity contribution in [3.8, 4) is 0 Å². The first-order chi connectivity index (χ1) is 23.3. The molecule has 1 amide bonds. The summed E-state index contributed by atoms with van der Waals surface area (Å²) in [7, 11) is 0. The molecule has 0 radical (unpaired) electrons. The minimum Gasteiger partial charge on any atom is -0.462 e. The first-order valence-corrected chi connectivity index (χ1v) is 21.0. The lowest BCUT2D eigenvalue weighted by atomic mass is 9.47. The monoisotopic (exact) mass is 684 g/mol. The molecule has 0 aromatic rings. The fourth-order valence-corrected chi connectivity index (χ4v) is 10.9. The van der Waals surface area contributed by atoms with Crippen LogP contribution in [0.15, 0.2) is 11.6 Å². The maximum atomic E-state index is 13.2. The van der Waals surface area contributed by atoms with Gasteiger partial charge in [-0.1, -0.05) is 84.3 Å². The van der Waals surface area contributed by atoms with Crippen molar-refractivity contribution in [2.45, 2.75) is 195 Å². The molecule has 4 rings (SSSR count). The molecule has 0 bridgehead atoms. The summed E-state index contributed by atoms with van der Waals surface area (Å²) >= 11 is 0. The van der Waals surface area contributed by atoms with Crippen molar-refractivity contribution in [2.75, 3.05) is 13.1 Å². The highest BCUT2D eigenvalue weighted by molar-refractivity contribution is 5.81. The first kappa shape index (κ1) is 40.4. The number of hydrogen-bond donors (Lipinski definition) is 2. The third kappa shape index (κ3) is 11.0. The lowest BCUT2D eigenvalue weighted by Gasteiger charge is -2.58. The van der Waals surface area contributed by atoms with E-state index < -0.39 is 0 Å². The van der Waals surface area contributed by atoms with E-state index in [1.165, 1.54) is 77.0 Å². The van der Waals surface area contributed by atoms with Crippen LogP contribution in [-0.2, 0) is 14.3 Å². The summed E-state index contributed by atoms with van der Waals surface area (Å²) in [6, 6.07) is 0.327. The number of unbranched alkanes of at least 4 members (excludes halogenated alkanes) is 5. The van der Waals surface area contributed by atoms with Crippen LogP contribution < -0.4 is 11.5 Å². The number of amides is 1. The van der Waals surface area contributed by atoms with E-state index in [9.17, 15) is 9.59 Å². The number of rotatable bonds is 20. The van der Waals surface area contributed by atoms with Crippen LogP contribution in [0, 0.1) is 40.4 Å². The fraction of sp³-hybridized carbons (Fsp3) is 0.907. The standard InChI is InChI=1S/C43H77N3O3/c1-31(2)14-11-12-16-34-18-20-38-37-19-17-35-30-36(23-26-43(35,6)39(37)24-27-42(34,38)5)49-41(48)22-21-40(47)46(29-25-33(4)45)28-13-9-7-8-10-15-32(3)44/h17,31-34,36-39H,7-16,18-30,44-45H2,1-6H3. The van der Waals surface area contributed by atoms with Gasteiger partial charge in [-0.25, -0.2) is 0 Å². The molecule has 9 atom stereocenters. The average Bonchev–Trinajstić information content (AvgIpc) is 3.38. The normalized spacial score (nSPS) is 32.1. The maximum absolute atomic E-state index is 13.2. The summed E-state index contributed by atoms with van der Waals surface area (Å²) in [5.41, 5.74) is 14.2. The molecule has 6 heteroatoms. The smallest absolute Gasteiger partial charge is 0.306 e. The van der Waals surface area contributed by atoms with Crippen LogP contribution >= 0.6 is 0 Å². The second-order valence-electron chi connectivity index (χ2n) is 18.3. The van der Waals surface area contributed by atoms with Crippen LogP contribution in [-0.4, -0.2) is 48.1 Å². The number of fused-ring (bicyclic) bond motifs is 5. The van der Waals surface area contributed by atoms with Gasteiger partial charge in [-0.05, 0) is 125 Å². The fourth-order valence-electron chi connectivity index (χ4n) is 10.9. The van der Waals surface area contributed by atoms with Crippen molar-refractivity contribution in [1.29, 1.82) is 0 Å². The first-order valence-electron chi connectivity index (χ1n) is 21.0. The third-order valence-corrected chi connectivity index (χ3v) is 14.0. The molecule has 49 heavy (non-hydrogen) atoms. The molecule has 3 fully saturated rings. The number of ether oxygens (including phenoxy) is 1. The minimum absolute atomic E-state index is 0.0505. The second-order valence-corrected chi connectivity index (χ2v) is 18.3. The van der Waals surface area contributed by atoms with E-state index in [0.717, 1.165) is 81.1 Å². The average molecular weight is 684 g/mol. The molecule has 4 aliphatic rings. The van der Waals surface area contributed by atoms with Crippen molar-refractivity contribution in [3.05, 3.63) is 11.6 Å². The van der Waals surface area contributed by atoms with E-state index in [1.807, 2.05) is 11.8 Å². The Morgan fingerprint density at radius 3 is 2.27 bits per heavy atom. The highest BCUT2D eigenvalue weighted by Crippen LogP contribution is 2.66. The van der Waals surface area contributed by atoms with E-state index in [-0.39, 0.29) is 48.3 Å². The van der Waals surface area contributed by atoms with Gasteiger partial charge in [-0.3, -0.25) is 9.59 Å². The zero-order valence-corrected chi connectivity index (χ0v) is 32.8. The molecule has 0 aromatic carbocycles. The molecule has 4 aliphatic carbocycles. The van der Waals surface area contributed by atoms with Crippen molar-refractivity contribution >= 4 is 11.9 Å². The van der Waals surface area contributed by atoms with Gasteiger partial charge in [0, 0.05) is 38.0 Å². The number of allylic oxidation sites excluding steroid dienone is 1. The van der Waals surface area contributed by atoms with Crippen LogP contribution in [0.1, 0.15) is 176 Å². The molecule has 9 unspecified atom stereocenters. The number of hydrogen-bond acceptors (Lipinski definition) is 5. The molecule has 6 nitrogen and oxygen atoms in total. The summed E-state index contributed by atoms with van der Waals surface area (Å²) in [5, 5.41) is 0. The largest absolute Gasteiger partial charge is 0.462 e. The van der Waals surface area contributed by atoms with Crippen molar-refractivity contribution in [1.82, 2.24) is 4.90 Å². The summed E-state index contributed by atoms with van der Waals surface area (Å²) in [6.07, 6.45) is 25.9. The van der Waals surface area contributed by atoms with Gasteiger partial charge in [0.2, 0.25) is 5.91 Å². The third-order valence-electron chi connectivity index (χ3n) is 14.0. The Bertz CT molecular complexity index is 1070. The summed E-state index contributed by atoms with van der Waals surface area (Å²) in [5.74, 6) is 4.06. The maximum Gasteiger partial charge on any atom is 0.306 e. The number of nitrogens with two attached hydrogens (primary N) is 2. The lowest BCUT2D eigenvalue weighted by Crippen LogP contribution is -2.50. The van der Waals surface area contributed by atoms with Crippen molar-refractivity contribution < 1.29 is 14.3 Å². The number of nitrogens with zero attached hydrogens (tertiary/aromatic N) is 1. The Hall–Kier alpha value is -1.40. The number of esters is 1. The highest BCUT2D eigenvalue weighted by Gasteiger charge is 2.58. The van der Waals surface area contributed by atoms with E-state index in [4.69, 9.17) is 16.2 Å². The van der Waals surface area contributed by atoms with Gasteiger partial charge in [-0.15, -0.1) is 0 Å². The Morgan fingerprint density at radius 2 is 1.53 bits per heavy atom. The molecule has 4 N–H and O–H groups in total. The van der Waals surface area contributed by atoms with Gasteiger partial charge in [0.05, 0.1) is 6.42 Å². The molecule has 282 valence electrons. The van der Waals surface area contributed by atoms with Gasteiger partial charge >= 0.3 is 5.97 Å². The van der Waals surface area contributed by atoms with E-state index in [0.29, 0.717) is 12.0 Å². The number of carbonyl (C=O) groups is 2. The molecular weight excluding hydrogens is 606 g/mol. The topological polar surface area (TPSA) is 98.7 Å². The van der Waals surface area contributed by atoms with Crippen LogP contribution in [0.25, 0.3) is 0 Å². The van der Waals surface area contributed by atoms with Crippen LogP contribution in [0.4, 0.5) is 0 Å². The van der Waals surface area contributed by atoms with Crippen LogP contribution in [0.5, 0.6) is 0 Å². The molecule has 0 spiro atoms. The predicted molar refractivity (Wildman–Crippen MR) is 204 cm³/mol. The Kier molecular flexibility index (Phi) is 15.6. The van der Waals surface area contributed by atoms with Crippen LogP contribution in [0.3, 0.4) is 0 Å². The predicted octanol–water partition coefficient (Wildman–Crippen LogP) is 9.73. The Morgan fingerprint density at radius 1 is 0.816 bits per heavy atom. The molecule has 0 aliphatic heterocycles. The number of carbonyl (C=O) groups excluding carboxylic acids is 2. The zero-order chi connectivity index (χ0) is 35.6. The van der Waals surface area contributed by atoms with Crippen molar-refractivity contribution in [2.24, 2.45) is 51.9 Å². The summed E-state index contributed by atoms with van der Waals surface area (Å²) in [6.45, 7) is 15.4. The quantitative estimate of drug-likeness (QED) is 0.0756. The van der Waals surface area contributed by atoms with Gasteiger partial charge in [0.25, 0.3) is 0 Å². The van der Waals surface area contributed by atoms with Gasteiger partial charge in [0.1, 0.15) is 6.10 Å². The van der Waals surface area contributed by atoms with Gasteiger partial charge in [0.15, 0.2) is 0 Å². The molecule has 0 heterocycles. The summed E-state index contributed by atoms with van der Waals surface area (Å²) in [4.78, 5) is 28.2. The van der Waals surface area contributed by atoms with E-state index in [1.54, 1.807) is 5.57 Å². The summed E-state index contributed by atoms with van der Waals surface area (Å²) < 4.78 is 6.08. The Balaban J connectivity index is 1.23. The zero-order valence-electron chi connectivity index (χ0n) is 32.8. The minimum atomic E-state index is -0.212. The van der Waals surface area contributed by atoms with Gasteiger partial charge in [-0.2, -0.15) is 0 Å². The SMILES string of the molecule is CC(C)CCCCC1CCC2C3CC=C4CC(OC(=O)CCC(=O)N(CCCCCCCC(C)N)CCC(C)N)CCC4(C)C3CCC12C. The molecule has 0 aromatic heterocycles. The van der Waals surface area contributed by atoms with E-state index in [2.05, 4.69) is 40.7 Å². The van der Waals surface area contributed by atoms with Gasteiger partial charge < -0.3 is 21.1 Å². The second kappa shape index (κ2) is 18.9. The van der Waals surface area contributed by atoms with Crippen molar-refractivity contribution in [3.63, 3.8) is 0 Å². The molecular formula is C43H77N3O3. The Labute approximate surface area is 301 Å². The van der Waals surface area contributed by atoms with E-state index >= 15 is 0 Å². The van der Waals surface area contributed by atoms with Crippen LogP contribution in [0.2, 0.25) is 0 Å².